The van der Waals surface area contributed by atoms with E-state index in [1.165, 1.54) is 44.4 Å². The topological polar surface area (TPSA) is 0 Å². The summed E-state index contributed by atoms with van der Waals surface area (Å²) in [6.45, 7) is 13.0. The average Bonchev–Trinajstić information content (AvgIpc) is 2.02. The van der Waals surface area contributed by atoms with E-state index in [1.54, 1.807) is 5.92 Å². The Bertz CT molecular complexity index is 90.0. The maximum atomic E-state index is 2.26. The minimum absolute atomic E-state index is 0. The van der Waals surface area contributed by atoms with Crippen LogP contribution in [0.4, 0.5) is 0 Å². The molecule has 0 bridgehead atoms. The Morgan fingerprint density at radius 3 is 1.44 bits per heavy atom. The molecule has 0 aliphatic heterocycles. The molecule has 0 atom stereocenters. The summed E-state index contributed by atoms with van der Waals surface area (Å²) in [7, 11) is 0. The fourth-order valence-electron chi connectivity index (χ4n) is 1.08. The van der Waals surface area contributed by atoms with Gasteiger partial charge in [0.1, 0.15) is 0 Å². The van der Waals surface area contributed by atoms with Crippen LogP contribution in [-0.4, -0.2) is 41.9 Å². The first-order valence-electron chi connectivity index (χ1n) is 6.06. The molecular formula is C14H30LiMg. The van der Waals surface area contributed by atoms with Crippen molar-refractivity contribution in [2.75, 3.05) is 0 Å². The molecule has 0 aromatic rings. The molecule has 0 saturated carbocycles. The standard InChI is InChI=1S/C10H21.C4H9.Li.Mg/c1-4-5-6-7-8-9-10(2)3;1-4(2)3;;/h4-9H2,1-3H3;1-3H3;;/q2*-1;;+2. The van der Waals surface area contributed by atoms with Crippen LogP contribution in [0.1, 0.15) is 80.1 Å². The molecule has 0 saturated heterocycles. The van der Waals surface area contributed by atoms with Crippen LogP contribution < -0.4 is 0 Å². The van der Waals surface area contributed by atoms with Gasteiger partial charge in [0.2, 0.25) is 0 Å². The Labute approximate surface area is 133 Å². The fraction of sp³-hybridized carbons (Fsp3) is 0.857. The smallest absolute Gasteiger partial charge is 0.323 e. The number of hydrogen-bond acceptors (Lipinski definition) is 0. The molecule has 0 aliphatic rings. The molecule has 0 amide bonds. The van der Waals surface area contributed by atoms with Crippen molar-refractivity contribution in [3.63, 3.8) is 0 Å². The van der Waals surface area contributed by atoms with E-state index in [0.29, 0.717) is 0 Å². The zero-order chi connectivity index (χ0) is 11.4. The van der Waals surface area contributed by atoms with Gasteiger partial charge in [-0.25, -0.2) is 0 Å². The zero-order valence-electron chi connectivity index (χ0n) is 12.9. The predicted octanol–water partition coefficient (Wildman–Crippen LogP) is 4.82. The number of rotatable bonds is 6. The van der Waals surface area contributed by atoms with Crippen molar-refractivity contribution in [3.05, 3.63) is 11.8 Å². The van der Waals surface area contributed by atoms with Crippen molar-refractivity contribution < 1.29 is 0 Å². The minimum atomic E-state index is 0. The van der Waals surface area contributed by atoms with E-state index in [0.717, 1.165) is 0 Å². The van der Waals surface area contributed by atoms with Gasteiger partial charge in [-0.2, -0.15) is 41.0 Å². The Morgan fingerprint density at radius 2 is 1.12 bits per heavy atom. The molecule has 0 aromatic heterocycles. The van der Waals surface area contributed by atoms with E-state index in [1.807, 2.05) is 0 Å². The first-order valence-corrected chi connectivity index (χ1v) is 6.06. The van der Waals surface area contributed by atoms with Crippen molar-refractivity contribution in [1.29, 1.82) is 0 Å². The van der Waals surface area contributed by atoms with Gasteiger partial charge < -0.3 is 11.8 Å². The van der Waals surface area contributed by atoms with Gasteiger partial charge in [0.05, 0.1) is 0 Å². The largest absolute Gasteiger partial charge is 2.00 e. The molecule has 16 heavy (non-hydrogen) atoms. The van der Waals surface area contributed by atoms with Crippen LogP contribution in [0.15, 0.2) is 0 Å². The summed E-state index contributed by atoms with van der Waals surface area (Å²) in [5.74, 6) is 3.00. The van der Waals surface area contributed by atoms with Crippen LogP contribution >= 0.6 is 0 Å². The number of unbranched alkanes of at least 4 members (excludes halogenated alkanes) is 4. The van der Waals surface area contributed by atoms with Gasteiger partial charge in [0.25, 0.3) is 0 Å². The van der Waals surface area contributed by atoms with E-state index in [9.17, 15) is 0 Å². The van der Waals surface area contributed by atoms with E-state index in [2.05, 4.69) is 41.5 Å². The molecule has 0 unspecified atom stereocenters. The second-order valence-electron chi connectivity index (χ2n) is 4.87. The molecule has 2 heteroatoms. The molecule has 0 N–H and O–H groups in total. The Balaban J connectivity index is -0.000000105. The van der Waals surface area contributed by atoms with E-state index < -0.39 is 0 Å². The molecule has 0 spiro atoms. The van der Waals surface area contributed by atoms with Crippen molar-refractivity contribution in [3.8, 4) is 0 Å². The predicted molar refractivity (Wildman–Crippen MR) is 79.7 cm³/mol. The van der Waals surface area contributed by atoms with Crippen LogP contribution in [0.2, 0.25) is 0 Å². The first kappa shape index (κ1) is 26.0. The maximum Gasteiger partial charge on any atom is 2.00 e. The fourth-order valence-corrected chi connectivity index (χ4v) is 1.08. The third-order valence-corrected chi connectivity index (χ3v) is 1.78. The van der Waals surface area contributed by atoms with E-state index in [4.69, 9.17) is 0 Å². The second-order valence-corrected chi connectivity index (χ2v) is 4.87. The molecular weight excluding hydrogens is 199 g/mol. The molecule has 0 aliphatic carbocycles. The summed E-state index contributed by atoms with van der Waals surface area (Å²) in [5.41, 5.74) is 0. The van der Waals surface area contributed by atoms with Crippen LogP contribution in [0, 0.1) is 11.8 Å². The van der Waals surface area contributed by atoms with Crippen molar-refractivity contribution >= 4 is 41.9 Å². The third-order valence-electron chi connectivity index (χ3n) is 1.78. The van der Waals surface area contributed by atoms with Crippen molar-refractivity contribution in [1.82, 2.24) is 0 Å². The Hall–Kier alpha value is 1.36. The normalized spacial score (nSPS) is 9.00. The molecule has 0 nitrogen and oxygen atoms in total. The van der Waals surface area contributed by atoms with Crippen LogP contribution in [0.3, 0.4) is 0 Å². The number of hydrogen-bond donors (Lipinski definition) is 0. The molecule has 0 aromatic carbocycles. The third kappa shape index (κ3) is 45.3. The van der Waals surface area contributed by atoms with Gasteiger partial charge in [-0.3, -0.25) is 0 Å². The van der Waals surface area contributed by atoms with Crippen LogP contribution in [-0.2, 0) is 0 Å². The minimum Gasteiger partial charge on any atom is -0.323 e. The molecule has 1 radical (unpaired) electrons. The van der Waals surface area contributed by atoms with Gasteiger partial charge in [0, 0.05) is 18.9 Å². The SMILES string of the molecule is CCCCCCC[C-](C)C.C[C-](C)C.[Li].[Mg+2]. The van der Waals surface area contributed by atoms with Crippen LogP contribution in [0.25, 0.3) is 0 Å². The molecule has 89 valence electrons. The summed E-state index contributed by atoms with van der Waals surface area (Å²) in [5, 5.41) is 0. The summed E-state index contributed by atoms with van der Waals surface area (Å²) >= 11 is 0. The van der Waals surface area contributed by atoms with Gasteiger partial charge >= 0.3 is 23.1 Å². The second kappa shape index (κ2) is 21.6. The van der Waals surface area contributed by atoms with Gasteiger partial charge in [-0.15, -0.1) is 0 Å². The maximum absolute atomic E-state index is 2.26. The van der Waals surface area contributed by atoms with Crippen molar-refractivity contribution in [2.45, 2.75) is 80.1 Å². The zero-order valence-corrected chi connectivity index (χ0v) is 14.4. The molecule has 0 heterocycles. The average molecular weight is 230 g/mol. The van der Waals surface area contributed by atoms with Gasteiger partial charge in [-0.05, 0) is 0 Å². The van der Waals surface area contributed by atoms with E-state index >= 15 is 0 Å². The van der Waals surface area contributed by atoms with Gasteiger partial charge in [-0.1, -0.05) is 39.0 Å². The Morgan fingerprint density at radius 1 is 0.750 bits per heavy atom. The van der Waals surface area contributed by atoms with Crippen molar-refractivity contribution in [2.24, 2.45) is 0 Å². The quantitative estimate of drug-likeness (QED) is 0.348. The monoisotopic (exact) mass is 229 g/mol. The molecule has 0 fully saturated rings. The summed E-state index contributed by atoms with van der Waals surface area (Å²) < 4.78 is 0. The summed E-state index contributed by atoms with van der Waals surface area (Å²) in [6, 6.07) is 0. The summed E-state index contributed by atoms with van der Waals surface area (Å²) in [6.07, 6.45) is 8.38. The van der Waals surface area contributed by atoms with E-state index in [-0.39, 0.29) is 41.9 Å². The summed E-state index contributed by atoms with van der Waals surface area (Å²) in [4.78, 5) is 0. The Kier molecular flexibility index (Phi) is 35.2. The van der Waals surface area contributed by atoms with Crippen LogP contribution in [0.5, 0.6) is 0 Å². The first-order chi connectivity index (χ1) is 6.50. The molecule has 0 rings (SSSR count). The van der Waals surface area contributed by atoms with Gasteiger partial charge in [0.15, 0.2) is 0 Å².